The van der Waals surface area contributed by atoms with Gasteiger partial charge in [0.1, 0.15) is 11.6 Å². The fraction of sp³-hybridized carbons (Fsp3) is 0.0400. The summed E-state index contributed by atoms with van der Waals surface area (Å²) in [5.41, 5.74) is 1.94. The Bertz CT molecular complexity index is 1320. The van der Waals surface area contributed by atoms with E-state index in [1.807, 2.05) is 19.1 Å². The fourth-order valence-electron chi connectivity index (χ4n) is 3.12. The Morgan fingerprint density at radius 2 is 1.27 bits per heavy atom. The molecule has 0 amide bonds. The van der Waals surface area contributed by atoms with Crippen LogP contribution in [0.15, 0.2) is 60.7 Å². The van der Waals surface area contributed by atoms with Crippen molar-refractivity contribution in [3.05, 3.63) is 106 Å². The Hall–Kier alpha value is -3.65. The van der Waals surface area contributed by atoms with E-state index in [0.29, 0.717) is 11.1 Å². The molecule has 0 atom stereocenters. The van der Waals surface area contributed by atoms with Gasteiger partial charge in [0.05, 0.1) is 5.56 Å². The summed E-state index contributed by atoms with van der Waals surface area (Å²) in [7, 11) is 0. The number of hydrogen-bond acceptors (Lipinski definition) is 0. The van der Waals surface area contributed by atoms with Crippen molar-refractivity contribution in [2.45, 2.75) is 6.92 Å². The highest BCUT2D eigenvalue weighted by Gasteiger charge is 2.14. The topological polar surface area (TPSA) is 0 Å². The lowest BCUT2D eigenvalue weighted by atomic mass is 10.0. The van der Waals surface area contributed by atoms with Crippen molar-refractivity contribution in [1.82, 2.24) is 0 Å². The zero-order chi connectivity index (χ0) is 21.4. The highest BCUT2D eigenvalue weighted by molar-refractivity contribution is 5.84. The molecule has 0 nitrogen and oxygen atoms in total. The molecule has 0 aliphatic carbocycles. The number of rotatable bonds is 1. The Balaban J connectivity index is 1.72. The van der Waals surface area contributed by atoms with Gasteiger partial charge in [-0.1, -0.05) is 47.7 Å². The van der Waals surface area contributed by atoms with Gasteiger partial charge in [0, 0.05) is 10.9 Å². The average molecular weight is 408 g/mol. The highest BCUT2D eigenvalue weighted by Crippen LogP contribution is 2.26. The molecule has 0 aliphatic rings. The first-order valence-electron chi connectivity index (χ1n) is 8.99. The van der Waals surface area contributed by atoms with Gasteiger partial charge in [-0.2, -0.15) is 0 Å². The van der Waals surface area contributed by atoms with Crippen LogP contribution in [0.3, 0.4) is 0 Å². The molecular weight excluding hydrogens is 395 g/mol. The average Bonchev–Trinajstić information content (AvgIpc) is 2.72. The number of halogens is 5. The maximum Gasteiger partial charge on any atom is 0.195 e. The summed E-state index contributed by atoms with van der Waals surface area (Å²) in [5.74, 6) is -0.806. The third kappa shape index (κ3) is 3.65. The zero-order valence-corrected chi connectivity index (χ0v) is 15.7. The van der Waals surface area contributed by atoms with E-state index in [1.165, 1.54) is 30.3 Å². The first kappa shape index (κ1) is 19.7. The molecule has 0 aliphatic heterocycles. The smallest absolute Gasteiger partial charge is 0.195 e. The van der Waals surface area contributed by atoms with Gasteiger partial charge in [0.2, 0.25) is 0 Å². The first-order chi connectivity index (χ1) is 14.3. The van der Waals surface area contributed by atoms with Gasteiger partial charge in [0.25, 0.3) is 0 Å². The molecule has 0 saturated carbocycles. The Morgan fingerprint density at radius 1 is 0.600 bits per heavy atom. The summed E-state index contributed by atoms with van der Waals surface area (Å²) in [6.07, 6.45) is 0. The van der Waals surface area contributed by atoms with Crippen LogP contribution in [0, 0.1) is 47.9 Å². The van der Waals surface area contributed by atoms with E-state index >= 15 is 0 Å². The molecule has 4 rings (SSSR count). The summed E-state index contributed by atoms with van der Waals surface area (Å²) in [6, 6.07) is 14.4. The first-order valence-corrected chi connectivity index (χ1v) is 8.99. The van der Waals surface area contributed by atoms with E-state index in [1.54, 1.807) is 12.1 Å². The predicted molar refractivity (Wildman–Crippen MR) is 106 cm³/mol. The molecule has 0 aromatic heterocycles. The normalized spacial score (nSPS) is 10.7. The molecular formula is C25H13F5. The number of benzene rings is 4. The molecule has 30 heavy (non-hydrogen) atoms. The van der Waals surface area contributed by atoms with Crippen LogP contribution in [0.2, 0.25) is 0 Å². The monoisotopic (exact) mass is 408 g/mol. The second-order valence-corrected chi connectivity index (χ2v) is 6.85. The van der Waals surface area contributed by atoms with Crippen molar-refractivity contribution in [2.24, 2.45) is 0 Å². The molecule has 0 fully saturated rings. The number of aryl methyl sites for hydroxylation is 1. The number of fused-ring (bicyclic) bond motifs is 1. The molecule has 0 unspecified atom stereocenters. The molecule has 4 aromatic rings. The van der Waals surface area contributed by atoms with Crippen molar-refractivity contribution >= 4 is 10.8 Å². The Morgan fingerprint density at radius 3 is 1.93 bits per heavy atom. The molecule has 0 spiro atoms. The van der Waals surface area contributed by atoms with E-state index in [4.69, 9.17) is 0 Å². The van der Waals surface area contributed by atoms with Crippen LogP contribution in [0.5, 0.6) is 0 Å². The van der Waals surface area contributed by atoms with Gasteiger partial charge in [-0.25, -0.2) is 22.0 Å². The van der Waals surface area contributed by atoms with E-state index in [-0.39, 0.29) is 16.3 Å². The lowest BCUT2D eigenvalue weighted by molar-refractivity contribution is 0.453. The quantitative estimate of drug-likeness (QED) is 0.182. The third-order valence-corrected chi connectivity index (χ3v) is 4.73. The minimum absolute atomic E-state index is 0.0915. The van der Waals surface area contributed by atoms with Crippen molar-refractivity contribution < 1.29 is 22.0 Å². The van der Waals surface area contributed by atoms with E-state index in [0.717, 1.165) is 11.6 Å². The molecule has 0 bridgehead atoms. The maximum atomic E-state index is 14.5. The minimum atomic E-state index is -1.56. The highest BCUT2D eigenvalue weighted by atomic mass is 19.2. The van der Waals surface area contributed by atoms with Crippen LogP contribution < -0.4 is 0 Å². The zero-order valence-electron chi connectivity index (χ0n) is 15.7. The summed E-state index contributed by atoms with van der Waals surface area (Å²) in [6.45, 7) is 1.91. The molecule has 0 N–H and O–H groups in total. The Labute approximate surface area is 169 Å². The van der Waals surface area contributed by atoms with Crippen LogP contribution >= 0.6 is 0 Å². The van der Waals surface area contributed by atoms with E-state index in [9.17, 15) is 22.0 Å². The summed E-state index contributed by atoms with van der Waals surface area (Å²) < 4.78 is 69.6. The van der Waals surface area contributed by atoms with Gasteiger partial charge in [-0.3, -0.25) is 0 Å². The standard InChI is InChI=1S/C25H13F5/c1-14-2-6-16(7-3-14)17-11-21(26)20(22(27)12-17)9-5-15-4-8-19-18(10-15)13-23(28)25(30)24(19)29/h2-4,6-8,10-13H,1H3. The van der Waals surface area contributed by atoms with Gasteiger partial charge in [-0.05, 0) is 53.8 Å². The third-order valence-electron chi connectivity index (χ3n) is 4.73. The van der Waals surface area contributed by atoms with Crippen LogP contribution in [0.1, 0.15) is 16.7 Å². The van der Waals surface area contributed by atoms with Gasteiger partial charge < -0.3 is 0 Å². The Kier molecular flexibility index (Phi) is 5.01. The van der Waals surface area contributed by atoms with E-state index < -0.39 is 34.6 Å². The summed E-state index contributed by atoms with van der Waals surface area (Å²) in [4.78, 5) is 0. The van der Waals surface area contributed by atoms with Crippen molar-refractivity contribution in [3.63, 3.8) is 0 Å². The van der Waals surface area contributed by atoms with Crippen LogP contribution in [0.25, 0.3) is 21.9 Å². The molecule has 0 saturated heterocycles. The van der Waals surface area contributed by atoms with Crippen molar-refractivity contribution in [3.8, 4) is 23.0 Å². The van der Waals surface area contributed by atoms with Gasteiger partial charge in [0.15, 0.2) is 17.5 Å². The number of hydrogen-bond donors (Lipinski definition) is 0. The van der Waals surface area contributed by atoms with Crippen molar-refractivity contribution in [2.75, 3.05) is 0 Å². The van der Waals surface area contributed by atoms with Crippen LogP contribution in [-0.2, 0) is 0 Å². The predicted octanol–water partition coefficient (Wildman–Crippen LogP) is 6.91. The second kappa shape index (κ2) is 7.64. The largest absolute Gasteiger partial charge is 0.205 e. The van der Waals surface area contributed by atoms with E-state index in [2.05, 4.69) is 11.8 Å². The second-order valence-electron chi connectivity index (χ2n) is 6.85. The maximum absolute atomic E-state index is 14.5. The van der Waals surface area contributed by atoms with Crippen LogP contribution in [0.4, 0.5) is 22.0 Å². The molecule has 0 radical (unpaired) electrons. The molecule has 4 aromatic carbocycles. The minimum Gasteiger partial charge on any atom is -0.205 e. The summed E-state index contributed by atoms with van der Waals surface area (Å²) in [5, 5.41) is -0.0203. The molecule has 0 heterocycles. The molecule has 148 valence electrons. The molecule has 5 heteroatoms. The SMILES string of the molecule is Cc1ccc(-c2cc(F)c(C#Cc3ccc4c(F)c(F)c(F)cc4c3)c(F)c2)cc1. The van der Waals surface area contributed by atoms with Crippen molar-refractivity contribution in [1.29, 1.82) is 0 Å². The van der Waals surface area contributed by atoms with Gasteiger partial charge >= 0.3 is 0 Å². The van der Waals surface area contributed by atoms with Crippen LogP contribution in [-0.4, -0.2) is 0 Å². The fourth-order valence-corrected chi connectivity index (χ4v) is 3.12. The lowest BCUT2D eigenvalue weighted by Gasteiger charge is -2.05. The van der Waals surface area contributed by atoms with Gasteiger partial charge in [-0.15, -0.1) is 0 Å². The summed E-state index contributed by atoms with van der Waals surface area (Å²) >= 11 is 0. The lowest BCUT2D eigenvalue weighted by Crippen LogP contribution is -1.93.